The van der Waals surface area contributed by atoms with Crippen LogP contribution in [0.4, 0.5) is 11.4 Å². The van der Waals surface area contributed by atoms with Crippen LogP contribution in [0.25, 0.3) is 6.08 Å². The number of amides is 2. The fraction of sp³-hybridized carbons (Fsp3) is 0.115. The van der Waals surface area contributed by atoms with Crippen molar-refractivity contribution in [2.45, 2.75) is 13.8 Å². The van der Waals surface area contributed by atoms with Crippen LogP contribution >= 0.6 is 23.2 Å². The number of nitrogens with one attached hydrogen (secondary N) is 2. The molecular weight excluding hydrogens is 473 g/mol. The Kier molecular flexibility index (Phi) is 8.31. The zero-order chi connectivity index (χ0) is 24.7. The molecule has 0 fully saturated rings. The maximum Gasteiger partial charge on any atom is 0.266 e. The molecule has 0 unspecified atom stereocenters. The van der Waals surface area contributed by atoms with Crippen molar-refractivity contribution < 1.29 is 14.3 Å². The lowest BCUT2D eigenvalue weighted by Gasteiger charge is -2.11. The van der Waals surface area contributed by atoms with Crippen molar-refractivity contribution >= 4 is 52.5 Å². The molecule has 0 bridgehead atoms. The summed E-state index contributed by atoms with van der Waals surface area (Å²) >= 11 is 11.9. The highest BCUT2D eigenvalue weighted by molar-refractivity contribution is 6.42. The Morgan fingerprint density at radius 1 is 1.00 bits per heavy atom. The molecule has 34 heavy (non-hydrogen) atoms. The van der Waals surface area contributed by atoms with Gasteiger partial charge in [-0.1, -0.05) is 53.5 Å². The number of carbonyl (C=O) groups excluding carboxylic acids is 2. The molecule has 3 aromatic carbocycles. The number of anilines is 2. The molecule has 0 aliphatic rings. The Hall–Kier alpha value is -3.79. The number of carbonyl (C=O) groups is 2. The van der Waals surface area contributed by atoms with Gasteiger partial charge in [0.1, 0.15) is 17.4 Å². The third kappa shape index (κ3) is 6.38. The summed E-state index contributed by atoms with van der Waals surface area (Å²) < 4.78 is 5.65. The van der Waals surface area contributed by atoms with Gasteiger partial charge in [0.05, 0.1) is 10.0 Å². The number of ether oxygens (including phenoxy) is 1. The first-order valence-corrected chi connectivity index (χ1v) is 11.0. The standard InChI is InChI=1S/C26H21Cl2N3O3/c1-16-6-5-8-23(17(16)2)31-26(33)19(14-29)12-18-7-3-4-9-24(18)34-15-25(32)30-20-10-11-21(27)22(28)13-20/h3-13H,15H2,1-2H3,(H,30,32)(H,31,33)/b19-12-. The summed E-state index contributed by atoms with van der Waals surface area (Å²) in [6.07, 6.45) is 1.42. The molecule has 2 N–H and O–H groups in total. The van der Waals surface area contributed by atoms with Gasteiger partial charge in [0.25, 0.3) is 11.8 Å². The van der Waals surface area contributed by atoms with Gasteiger partial charge in [-0.05, 0) is 61.4 Å². The van der Waals surface area contributed by atoms with E-state index in [1.807, 2.05) is 32.0 Å². The monoisotopic (exact) mass is 493 g/mol. The first kappa shape index (κ1) is 24.8. The second kappa shape index (κ2) is 11.4. The molecule has 172 valence electrons. The van der Waals surface area contributed by atoms with E-state index in [0.29, 0.717) is 32.7 Å². The number of nitrogens with zero attached hydrogens (tertiary/aromatic N) is 1. The van der Waals surface area contributed by atoms with Gasteiger partial charge in [0.2, 0.25) is 0 Å². The van der Waals surface area contributed by atoms with Gasteiger partial charge in [-0.15, -0.1) is 0 Å². The van der Waals surface area contributed by atoms with Crippen LogP contribution in [0.15, 0.2) is 66.2 Å². The molecule has 2 amide bonds. The Morgan fingerprint density at radius 2 is 1.76 bits per heavy atom. The van der Waals surface area contributed by atoms with Crippen LogP contribution in [-0.2, 0) is 9.59 Å². The molecule has 6 nitrogen and oxygen atoms in total. The second-order valence-corrected chi connectivity index (χ2v) is 8.19. The number of hydrogen-bond donors (Lipinski definition) is 2. The summed E-state index contributed by atoms with van der Waals surface area (Å²) in [6.45, 7) is 3.55. The molecule has 0 spiro atoms. The smallest absolute Gasteiger partial charge is 0.266 e. The van der Waals surface area contributed by atoms with Gasteiger partial charge >= 0.3 is 0 Å². The van der Waals surface area contributed by atoms with E-state index < -0.39 is 11.8 Å². The highest BCUT2D eigenvalue weighted by atomic mass is 35.5. The fourth-order valence-corrected chi connectivity index (χ4v) is 3.32. The topological polar surface area (TPSA) is 91.2 Å². The largest absolute Gasteiger partial charge is 0.483 e. The lowest BCUT2D eigenvalue weighted by Crippen LogP contribution is -2.20. The van der Waals surface area contributed by atoms with Crippen LogP contribution in [0.5, 0.6) is 5.75 Å². The molecule has 0 aromatic heterocycles. The van der Waals surface area contributed by atoms with Crippen molar-refractivity contribution in [2.24, 2.45) is 0 Å². The molecule has 0 atom stereocenters. The predicted octanol–water partition coefficient (Wildman–Crippen LogP) is 6.17. The van der Waals surface area contributed by atoms with Crippen molar-refractivity contribution in [2.75, 3.05) is 17.2 Å². The number of aryl methyl sites for hydroxylation is 1. The number of nitriles is 1. The first-order chi connectivity index (χ1) is 16.3. The van der Waals surface area contributed by atoms with Crippen molar-refractivity contribution in [1.82, 2.24) is 0 Å². The van der Waals surface area contributed by atoms with E-state index >= 15 is 0 Å². The number of benzene rings is 3. The van der Waals surface area contributed by atoms with Crippen molar-refractivity contribution in [3.63, 3.8) is 0 Å². The fourth-order valence-electron chi connectivity index (χ4n) is 3.03. The molecule has 0 heterocycles. The van der Waals surface area contributed by atoms with Gasteiger partial charge in [0, 0.05) is 16.9 Å². The van der Waals surface area contributed by atoms with E-state index in [9.17, 15) is 14.9 Å². The second-order valence-electron chi connectivity index (χ2n) is 7.37. The number of para-hydroxylation sites is 1. The summed E-state index contributed by atoms with van der Waals surface area (Å²) in [5.41, 5.74) is 3.44. The molecule has 0 aliphatic heterocycles. The number of hydrogen-bond acceptors (Lipinski definition) is 4. The summed E-state index contributed by atoms with van der Waals surface area (Å²) in [6, 6.07) is 19.0. The molecule has 8 heteroatoms. The van der Waals surface area contributed by atoms with Crippen LogP contribution < -0.4 is 15.4 Å². The van der Waals surface area contributed by atoms with Crippen LogP contribution in [0.3, 0.4) is 0 Å². The minimum absolute atomic E-state index is 0.0998. The molecule has 3 rings (SSSR count). The third-order valence-electron chi connectivity index (χ3n) is 5.00. The lowest BCUT2D eigenvalue weighted by atomic mass is 10.1. The van der Waals surface area contributed by atoms with Crippen molar-refractivity contribution in [3.05, 3.63) is 93.0 Å². The summed E-state index contributed by atoms with van der Waals surface area (Å²) in [5, 5.41) is 15.7. The Balaban J connectivity index is 1.72. The molecule has 0 saturated heterocycles. The van der Waals surface area contributed by atoms with Gasteiger partial charge < -0.3 is 15.4 Å². The van der Waals surface area contributed by atoms with E-state index in [2.05, 4.69) is 10.6 Å². The third-order valence-corrected chi connectivity index (χ3v) is 5.74. The first-order valence-electron chi connectivity index (χ1n) is 10.2. The molecule has 0 radical (unpaired) electrons. The highest BCUT2D eigenvalue weighted by Crippen LogP contribution is 2.26. The zero-order valence-corrected chi connectivity index (χ0v) is 20.0. The maximum absolute atomic E-state index is 12.7. The minimum atomic E-state index is -0.539. The maximum atomic E-state index is 12.7. The van der Waals surface area contributed by atoms with Crippen LogP contribution in [0, 0.1) is 25.2 Å². The van der Waals surface area contributed by atoms with Gasteiger partial charge in [-0.2, -0.15) is 5.26 Å². The number of halogens is 2. The lowest BCUT2D eigenvalue weighted by molar-refractivity contribution is -0.118. The van der Waals surface area contributed by atoms with Crippen LogP contribution in [-0.4, -0.2) is 18.4 Å². The van der Waals surface area contributed by atoms with Gasteiger partial charge in [-0.3, -0.25) is 9.59 Å². The van der Waals surface area contributed by atoms with Crippen LogP contribution in [0.2, 0.25) is 10.0 Å². The van der Waals surface area contributed by atoms with E-state index in [-0.39, 0.29) is 12.2 Å². The van der Waals surface area contributed by atoms with Crippen molar-refractivity contribution in [3.8, 4) is 11.8 Å². The molecular formula is C26H21Cl2N3O3. The predicted molar refractivity (Wildman–Crippen MR) is 135 cm³/mol. The molecule has 0 saturated carbocycles. The van der Waals surface area contributed by atoms with Gasteiger partial charge in [0.15, 0.2) is 6.61 Å². The average Bonchev–Trinajstić information content (AvgIpc) is 2.82. The summed E-state index contributed by atoms with van der Waals surface area (Å²) in [7, 11) is 0. The Bertz CT molecular complexity index is 1310. The zero-order valence-electron chi connectivity index (χ0n) is 18.5. The quantitative estimate of drug-likeness (QED) is 0.304. The minimum Gasteiger partial charge on any atom is -0.483 e. The SMILES string of the molecule is Cc1cccc(NC(=O)/C(C#N)=C\c2ccccc2OCC(=O)Nc2ccc(Cl)c(Cl)c2)c1C. The Labute approximate surface area is 207 Å². The summed E-state index contributed by atoms with van der Waals surface area (Å²) in [4.78, 5) is 25.0. The summed E-state index contributed by atoms with van der Waals surface area (Å²) in [5.74, 6) is -0.604. The highest BCUT2D eigenvalue weighted by Gasteiger charge is 2.14. The molecule has 0 aliphatic carbocycles. The van der Waals surface area contributed by atoms with Gasteiger partial charge in [-0.25, -0.2) is 0 Å². The average molecular weight is 494 g/mol. The normalized spacial score (nSPS) is 10.9. The van der Waals surface area contributed by atoms with Crippen LogP contribution in [0.1, 0.15) is 16.7 Å². The van der Waals surface area contributed by atoms with E-state index in [1.165, 1.54) is 12.1 Å². The van der Waals surface area contributed by atoms with Crippen molar-refractivity contribution in [1.29, 1.82) is 5.26 Å². The van der Waals surface area contributed by atoms with E-state index in [4.69, 9.17) is 27.9 Å². The Morgan fingerprint density at radius 3 is 2.50 bits per heavy atom. The van der Waals surface area contributed by atoms with E-state index in [0.717, 1.165) is 11.1 Å². The van der Waals surface area contributed by atoms with E-state index in [1.54, 1.807) is 42.5 Å². The molecule has 3 aromatic rings. The number of rotatable bonds is 7.